The van der Waals surface area contributed by atoms with Crippen LogP contribution in [0.5, 0.6) is 0 Å². The number of sulfonamides is 1. The molecule has 1 rings (SSSR count). The minimum absolute atomic E-state index is 0.0236. The van der Waals surface area contributed by atoms with Crippen LogP contribution in [0.25, 0.3) is 0 Å². The molecule has 0 spiro atoms. The van der Waals surface area contributed by atoms with Crippen LogP contribution in [-0.2, 0) is 10.0 Å². The molecule has 1 unspecified atom stereocenters. The monoisotopic (exact) mass is 344 g/mol. The van der Waals surface area contributed by atoms with Gasteiger partial charge in [0.25, 0.3) is 0 Å². The van der Waals surface area contributed by atoms with Crippen LogP contribution in [0.3, 0.4) is 0 Å². The number of halogens is 4. The summed E-state index contributed by atoms with van der Waals surface area (Å²) in [5, 5.41) is 8.17. The molecule has 1 atom stereocenters. The number of hydrogen-bond acceptors (Lipinski definition) is 3. The molecule has 1 aromatic carbocycles. The van der Waals surface area contributed by atoms with E-state index in [4.69, 9.17) is 16.7 Å². The highest BCUT2D eigenvalue weighted by atomic mass is 35.5. The van der Waals surface area contributed by atoms with E-state index in [1.54, 1.807) is 6.92 Å². The van der Waals surface area contributed by atoms with Crippen LogP contribution in [0.2, 0.25) is 5.02 Å². The summed E-state index contributed by atoms with van der Waals surface area (Å²) < 4.78 is 58.7. The van der Waals surface area contributed by atoms with Gasteiger partial charge in [0.15, 0.2) is 0 Å². The normalized spacial score (nSPS) is 14.0. The molecule has 0 fully saturated rings. The third-order valence-electron chi connectivity index (χ3n) is 2.77. The van der Waals surface area contributed by atoms with Gasteiger partial charge in [0.05, 0.1) is 15.6 Å². The molecule has 0 aliphatic heterocycles. The van der Waals surface area contributed by atoms with E-state index in [0.717, 1.165) is 0 Å². The van der Waals surface area contributed by atoms with Gasteiger partial charge in [0.1, 0.15) is 0 Å². The lowest BCUT2D eigenvalue weighted by molar-refractivity contribution is -0.135. The first-order valence-corrected chi connectivity index (χ1v) is 8.07. The van der Waals surface area contributed by atoms with Crippen molar-refractivity contribution in [2.45, 2.75) is 43.3 Å². The molecule has 0 amide bonds. The van der Waals surface area contributed by atoms with Gasteiger partial charge in [-0.2, -0.15) is 13.2 Å². The fourth-order valence-electron chi connectivity index (χ4n) is 1.74. The molecule has 0 aromatic heterocycles. The van der Waals surface area contributed by atoms with Crippen molar-refractivity contribution in [1.29, 1.82) is 0 Å². The molecule has 0 bridgehead atoms. The Kier molecular flexibility index (Phi) is 5.89. The van der Waals surface area contributed by atoms with Crippen molar-refractivity contribution in [1.82, 2.24) is 0 Å². The van der Waals surface area contributed by atoms with E-state index in [-0.39, 0.29) is 28.8 Å². The van der Waals surface area contributed by atoms with E-state index in [1.165, 1.54) is 18.2 Å². The molecular formula is C12H16ClF3N2O2S. The molecule has 4 nitrogen and oxygen atoms in total. The smallest absolute Gasteiger partial charge is 0.381 e. The number of nitrogens with one attached hydrogen (secondary N) is 1. The van der Waals surface area contributed by atoms with Crippen LogP contribution in [-0.4, -0.2) is 20.6 Å². The highest BCUT2D eigenvalue weighted by Crippen LogP contribution is 2.27. The van der Waals surface area contributed by atoms with Crippen LogP contribution in [0.1, 0.15) is 26.2 Å². The first kappa shape index (κ1) is 18.1. The molecule has 9 heteroatoms. The Balaban J connectivity index is 2.70. The summed E-state index contributed by atoms with van der Waals surface area (Å²) in [7, 11) is -3.86. The lowest BCUT2D eigenvalue weighted by atomic mass is 10.1. The topological polar surface area (TPSA) is 72.2 Å². The Hall–Kier alpha value is -0.990. The summed E-state index contributed by atoms with van der Waals surface area (Å²) in [6, 6.07) is 3.60. The number of hydrogen-bond donors (Lipinski definition) is 2. The molecule has 120 valence electrons. The highest BCUT2D eigenvalue weighted by molar-refractivity contribution is 7.89. The van der Waals surface area contributed by atoms with Crippen molar-refractivity contribution in [3.05, 3.63) is 23.2 Å². The van der Waals surface area contributed by atoms with Gasteiger partial charge in [-0.1, -0.05) is 11.6 Å². The van der Waals surface area contributed by atoms with Crippen molar-refractivity contribution in [3.8, 4) is 0 Å². The number of nitrogens with two attached hydrogens (primary N) is 1. The summed E-state index contributed by atoms with van der Waals surface area (Å²) in [6.07, 6.45) is -4.78. The van der Waals surface area contributed by atoms with Gasteiger partial charge in [0.2, 0.25) is 10.0 Å². The van der Waals surface area contributed by atoms with Gasteiger partial charge < -0.3 is 5.32 Å². The van der Waals surface area contributed by atoms with Gasteiger partial charge in [-0.15, -0.1) is 0 Å². The molecule has 0 heterocycles. The predicted octanol–water partition coefficient (Wildman–Crippen LogP) is 3.52. The third-order valence-corrected chi connectivity index (χ3v) is 4.01. The van der Waals surface area contributed by atoms with Crippen molar-refractivity contribution in [3.63, 3.8) is 0 Å². The van der Waals surface area contributed by atoms with E-state index < -0.39 is 22.6 Å². The van der Waals surface area contributed by atoms with Crippen molar-refractivity contribution in [2.75, 3.05) is 5.32 Å². The molecule has 1 aromatic rings. The van der Waals surface area contributed by atoms with Crippen molar-refractivity contribution in [2.24, 2.45) is 5.14 Å². The Morgan fingerprint density at radius 2 is 2.00 bits per heavy atom. The fraction of sp³-hybridized carbons (Fsp3) is 0.500. The fourth-order valence-corrected chi connectivity index (χ4v) is 2.45. The maximum atomic E-state index is 12.1. The number of benzene rings is 1. The van der Waals surface area contributed by atoms with Crippen LogP contribution >= 0.6 is 11.6 Å². The summed E-state index contributed by atoms with van der Waals surface area (Å²) in [4.78, 5) is -0.114. The van der Waals surface area contributed by atoms with E-state index in [2.05, 4.69) is 5.32 Å². The molecule has 0 saturated carbocycles. The zero-order chi connectivity index (χ0) is 16.3. The van der Waals surface area contributed by atoms with Crippen LogP contribution in [0.15, 0.2) is 23.1 Å². The molecular weight excluding hydrogens is 329 g/mol. The summed E-state index contributed by atoms with van der Waals surface area (Å²) in [5.41, 5.74) is 0.322. The number of primary sulfonamides is 1. The summed E-state index contributed by atoms with van der Waals surface area (Å²) in [5.74, 6) is 0. The van der Waals surface area contributed by atoms with Crippen LogP contribution < -0.4 is 10.5 Å². The maximum Gasteiger partial charge on any atom is 0.389 e. The average molecular weight is 345 g/mol. The molecule has 0 saturated heterocycles. The summed E-state index contributed by atoms with van der Waals surface area (Å²) >= 11 is 5.92. The van der Waals surface area contributed by atoms with E-state index in [9.17, 15) is 21.6 Å². The van der Waals surface area contributed by atoms with Gasteiger partial charge in [-0.3, -0.25) is 0 Å². The Morgan fingerprint density at radius 3 is 2.52 bits per heavy atom. The van der Waals surface area contributed by atoms with E-state index >= 15 is 0 Å². The van der Waals surface area contributed by atoms with Crippen LogP contribution in [0.4, 0.5) is 18.9 Å². The Bertz CT molecular complexity index is 591. The second kappa shape index (κ2) is 6.85. The zero-order valence-corrected chi connectivity index (χ0v) is 12.8. The SMILES string of the molecule is CC(CCCC(F)(F)F)Nc1cc(S(N)(=O)=O)ccc1Cl. The third kappa shape index (κ3) is 6.54. The molecule has 0 aliphatic rings. The first-order chi connectivity index (χ1) is 9.49. The zero-order valence-electron chi connectivity index (χ0n) is 11.2. The minimum atomic E-state index is -4.18. The number of alkyl halides is 3. The highest BCUT2D eigenvalue weighted by Gasteiger charge is 2.26. The molecule has 21 heavy (non-hydrogen) atoms. The lowest BCUT2D eigenvalue weighted by Crippen LogP contribution is -2.18. The molecule has 0 radical (unpaired) electrons. The number of rotatable bonds is 6. The second-order valence-electron chi connectivity index (χ2n) is 4.74. The Morgan fingerprint density at radius 1 is 1.38 bits per heavy atom. The minimum Gasteiger partial charge on any atom is -0.381 e. The quantitative estimate of drug-likeness (QED) is 0.829. The van der Waals surface area contributed by atoms with E-state index in [1.807, 2.05) is 0 Å². The maximum absolute atomic E-state index is 12.1. The van der Waals surface area contributed by atoms with E-state index in [0.29, 0.717) is 5.69 Å². The van der Waals surface area contributed by atoms with Crippen molar-refractivity contribution >= 4 is 27.3 Å². The molecule has 0 aliphatic carbocycles. The average Bonchev–Trinajstić information content (AvgIpc) is 2.28. The molecule has 3 N–H and O–H groups in total. The largest absolute Gasteiger partial charge is 0.389 e. The van der Waals surface area contributed by atoms with Gasteiger partial charge in [-0.05, 0) is 38.0 Å². The van der Waals surface area contributed by atoms with Gasteiger partial charge in [-0.25, -0.2) is 13.6 Å². The van der Waals surface area contributed by atoms with Crippen molar-refractivity contribution < 1.29 is 21.6 Å². The Labute approximate surface area is 126 Å². The predicted molar refractivity (Wildman–Crippen MR) is 75.8 cm³/mol. The first-order valence-electron chi connectivity index (χ1n) is 6.14. The number of anilines is 1. The van der Waals surface area contributed by atoms with Crippen LogP contribution in [0, 0.1) is 0 Å². The summed E-state index contributed by atoms with van der Waals surface area (Å²) in [6.45, 7) is 1.69. The lowest BCUT2D eigenvalue weighted by Gasteiger charge is -2.17. The van der Waals surface area contributed by atoms with Gasteiger partial charge >= 0.3 is 6.18 Å². The standard InChI is InChI=1S/C12H16ClF3N2O2S/c1-8(3-2-6-12(14,15)16)18-11-7-9(21(17,19)20)4-5-10(11)13/h4-5,7-8,18H,2-3,6H2,1H3,(H2,17,19,20). The van der Waals surface area contributed by atoms with Gasteiger partial charge in [0, 0.05) is 12.5 Å². The second-order valence-corrected chi connectivity index (χ2v) is 6.71.